The molecule has 0 aliphatic rings. The maximum Gasteiger partial charge on any atom is 0.123 e. The van der Waals surface area contributed by atoms with Crippen LogP contribution >= 0.6 is 0 Å². The second kappa shape index (κ2) is 6.72. The number of rotatable bonds is 6. The molecule has 1 atom stereocenters. The first-order chi connectivity index (χ1) is 10.0. The molecule has 0 aromatic heterocycles. The molecule has 2 aromatic rings. The molecule has 1 unspecified atom stereocenters. The quantitative estimate of drug-likeness (QED) is 0.868. The smallest absolute Gasteiger partial charge is 0.123 e. The average Bonchev–Trinajstić information content (AvgIpc) is 2.48. The normalized spacial score (nSPS) is 13.7. The number of hydrogen-bond acceptors (Lipinski definition) is 2. The van der Waals surface area contributed by atoms with Crippen LogP contribution in [0.25, 0.3) is 0 Å². The van der Waals surface area contributed by atoms with E-state index in [4.69, 9.17) is 4.74 Å². The van der Waals surface area contributed by atoms with E-state index in [1.807, 2.05) is 24.3 Å². The van der Waals surface area contributed by atoms with Crippen LogP contribution in [0.1, 0.15) is 31.4 Å². The summed E-state index contributed by atoms with van der Waals surface area (Å²) >= 11 is 0. The van der Waals surface area contributed by atoms with Crippen molar-refractivity contribution in [3.63, 3.8) is 0 Å². The zero-order chi connectivity index (χ0) is 15.3. The Morgan fingerprint density at radius 3 is 2.24 bits per heavy atom. The Morgan fingerprint density at radius 2 is 1.67 bits per heavy atom. The molecule has 0 aliphatic carbocycles. The SMILES string of the molecule is CCCOc1ccc(C(C)(O)Cc2ccc(F)cc2)cc1. The highest BCUT2D eigenvalue weighted by atomic mass is 19.1. The van der Waals surface area contributed by atoms with Crippen molar-refractivity contribution in [1.82, 2.24) is 0 Å². The molecule has 0 amide bonds. The van der Waals surface area contributed by atoms with Gasteiger partial charge in [0, 0.05) is 6.42 Å². The van der Waals surface area contributed by atoms with Gasteiger partial charge in [0.05, 0.1) is 12.2 Å². The van der Waals surface area contributed by atoms with E-state index in [9.17, 15) is 9.50 Å². The van der Waals surface area contributed by atoms with E-state index in [-0.39, 0.29) is 5.82 Å². The lowest BCUT2D eigenvalue weighted by Gasteiger charge is -2.24. The van der Waals surface area contributed by atoms with Crippen LogP contribution in [0.4, 0.5) is 4.39 Å². The van der Waals surface area contributed by atoms with E-state index in [2.05, 4.69) is 6.92 Å². The van der Waals surface area contributed by atoms with Crippen molar-refractivity contribution < 1.29 is 14.2 Å². The van der Waals surface area contributed by atoms with Crippen molar-refractivity contribution in [1.29, 1.82) is 0 Å². The van der Waals surface area contributed by atoms with Crippen LogP contribution in [0.5, 0.6) is 5.75 Å². The molecule has 0 saturated heterocycles. The monoisotopic (exact) mass is 288 g/mol. The lowest BCUT2D eigenvalue weighted by atomic mass is 9.89. The van der Waals surface area contributed by atoms with Crippen molar-refractivity contribution in [2.75, 3.05) is 6.61 Å². The van der Waals surface area contributed by atoms with Gasteiger partial charge in [-0.1, -0.05) is 31.2 Å². The first kappa shape index (κ1) is 15.5. The highest BCUT2D eigenvalue weighted by molar-refractivity contribution is 5.32. The van der Waals surface area contributed by atoms with Gasteiger partial charge in [-0.15, -0.1) is 0 Å². The fourth-order valence-electron chi connectivity index (χ4n) is 2.23. The molecule has 0 radical (unpaired) electrons. The largest absolute Gasteiger partial charge is 0.494 e. The first-order valence-corrected chi connectivity index (χ1v) is 7.21. The average molecular weight is 288 g/mol. The molecule has 0 heterocycles. The molecule has 0 fully saturated rings. The van der Waals surface area contributed by atoms with E-state index in [1.165, 1.54) is 12.1 Å². The van der Waals surface area contributed by atoms with Crippen molar-refractivity contribution >= 4 is 0 Å². The maximum absolute atomic E-state index is 12.9. The van der Waals surface area contributed by atoms with Gasteiger partial charge in [0.2, 0.25) is 0 Å². The van der Waals surface area contributed by atoms with Crippen LogP contribution in [0.3, 0.4) is 0 Å². The molecule has 2 nitrogen and oxygen atoms in total. The minimum atomic E-state index is -0.999. The van der Waals surface area contributed by atoms with Crippen LogP contribution in [0.2, 0.25) is 0 Å². The van der Waals surface area contributed by atoms with Gasteiger partial charge in [0.25, 0.3) is 0 Å². The van der Waals surface area contributed by atoms with Crippen LogP contribution in [0, 0.1) is 5.82 Å². The zero-order valence-electron chi connectivity index (χ0n) is 12.5. The molecule has 0 saturated carbocycles. The minimum absolute atomic E-state index is 0.268. The molecule has 0 aliphatic heterocycles. The van der Waals surface area contributed by atoms with Gasteiger partial charge in [-0.05, 0) is 48.7 Å². The van der Waals surface area contributed by atoms with Gasteiger partial charge in [0.1, 0.15) is 11.6 Å². The van der Waals surface area contributed by atoms with Gasteiger partial charge >= 0.3 is 0 Å². The van der Waals surface area contributed by atoms with Gasteiger partial charge < -0.3 is 9.84 Å². The number of benzene rings is 2. The molecule has 2 aromatic carbocycles. The second-order valence-corrected chi connectivity index (χ2v) is 5.45. The summed E-state index contributed by atoms with van der Waals surface area (Å²) in [4.78, 5) is 0. The summed E-state index contributed by atoms with van der Waals surface area (Å²) < 4.78 is 18.4. The topological polar surface area (TPSA) is 29.5 Å². The Hall–Kier alpha value is -1.87. The Kier molecular flexibility index (Phi) is 4.97. The predicted octanol–water partition coefficient (Wildman–Crippen LogP) is 4.06. The van der Waals surface area contributed by atoms with E-state index in [0.29, 0.717) is 13.0 Å². The van der Waals surface area contributed by atoms with E-state index < -0.39 is 5.60 Å². The molecule has 0 bridgehead atoms. The van der Waals surface area contributed by atoms with Gasteiger partial charge in [-0.2, -0.15) is 0 Å². The third-order valence-electron chi connectivity index (χ3n) is 3.41. The third kappa shape index (κ3) is 4.30. The number of ether oxygens (including phenoxy) is 1. The molecule has 1 N–H and O–H groups in total. The number of hydrogen-bond donors (Lipinski definition) is 1. The fraction of sp³-hybridized carbons (Fsp3) is 0.333. The van der Waals surface area contributed by atoms with E-state index >= 15 is 0 Å². The second-order valence-electron chi connectivity index (χ2n) is 5.45. The fourth-order valence-corrected chi connectivity index (χ4v) is 2.23. The lowest BCUT2D eigenvalue weighted by molar-refractivity contribution is 0.0575. The minimum Gasteiger partial charge on any atom is -0.494 e. The number of halogens is 1. The van der Waals surface area contributed by atoms with Crippen molar-refractivity contribution in [3.05, 3.63) is 65.5 Å². The maximum atomic E-state index is 12.9. The van der Waals surface area contributed by atoms with Crippen molar-refractivity contribution in [2.24, 2.45) is 0 Å². The summed E-state index contributed by atoms with van der Waals surface area (Å²) in [5.74, 6) is 0.536. The predicted molar refractivity (Wildman–Crippen MR) is 81.9 cm³/mol. The summed E-state index contributed by atoms with van der Waals surface area (Å²) in [6, 6.07) is 13.7. The van der Waals surface area contributed by atoms with Crippen molar-refractivity contribution in [2.45, 2.75) is 32.3 Å². The molecule has 21 heavy (non-hydrogen) atoms. The summed E-state index contributed by atoms with van der Waals surface area (Å²) in [5, 5.41) is 10.6. The number of aliphatic hydroxyl groups is 1. The third-order valence-corrected chi connectivity index (χ3v) is 3.41. The van der Waals surface area contributed by atoms with E-state index in [1.54, 1.807) is 19.1 Å². The lowest BCUT2D eigenvalue weighted by Crippen LogP contribution is -2.24. The highest BCUT2D eigenvalue weighted by Gasteiger charge is 2.23. The van der Waals surface area contributed by atoms with Crippen molar-refractivity contribution in [3.8, 4) is 5.75 Å². The Balaban J connectivity index is 2.09. The summed E-state index contributed by atoms with van der Waals surface area (Å²) in [7, 11) is 0. The van der Waals surface area contributed by atoms with Crippen LogP contribution < -0.4 is 4.74 Å². The molecule has 0 spiro atoms. The molecule has 3 heteroatoms. The summed E-state index contributed by atoms with van der Waals surface area (Å²) in [5.41, 5.74) is 0.713. The Labute approximate surface area is 125 Å². The van der Waals surface area contributed by atoms with Gasteiger partial charge in [-0.3, -0.25) is 0 Å². The van der Waals surface area contributed by atoms with Crippen LogP contribution in [-0.4, -0.2) is 11.7 Å². The molecular formula is C18H21FO2. The van der Waals surface area contributed by atoms with Crippen LogP contribution in [-0.2, 0) is 12.0 Å². The standard InChI is InChI=1S/C18H21FO2/c1-3-12-21-17-10-6-15(7-11-17)18(2,20)13-14-4-8-16(19)9-5-14/h4-11,20H,3,12-13H2,1-2H3. The first-order valence-electron chi connectivity index (χ1n) is 7.21. The van der Waals surface area contributed by atoms with Gasteiger partial charge in [0.15, 0.2) is 0 Å². The molecular weight excluding hydrogens is 267 g/mol. The zero-order valence-corrected chi connectivity index (χ0v) is 12.5. The summed E-state index contributed by atoms with van der Waals surface area (Å²) in [6.07, 6.45) is 1.40. The molecule has 2 rings (SSSR count). The Bertz CT molecular complexity index is 559. The van der Waals surface area contributed by atoms with Crippen LogP contribution in [0.15, 0.2) is 48.5 Å². The van der Waals surface area contributed by atoms with Gasteiger partial charge in [-0.25, -0.2) is 4.39 Å². The summed E-state index contributed by atoms with van der Waals surface area (Å²) in [6.45, 7) is 4.51. The highest BCUT2D eigenvalue weighted by Crippen LogP contribution is 2.27. The molecule has 112 valence electrons. The Morgan fingerprint density at radius 1 is 1.05 bits per heavy atom. The van der Waals surface area contributed by atoms with E-state index in [0.717, 1.165) is 23.3 Å².